The molecule has 16 heavy (non-hydrogen) atoms. The molecule has 86 valence electrons. The van der Waals surface area contributed by atoms with E-state index >= 15 is 0 Å². The SMILES string of the molecule is CN1CCc2c(cccc2NC2CCC2)C1. The van der Waals surface area contributed by atoms with Crippen LogP contribution in [0.1, 0.15) is 30.4 Å². The third-order valence-corrected chi connectivity index (χ3v) is 3.92. The van der Waals surface area contributed by atoms with Gasteiger partial charge in [0.15, 0.2) is 0 Å². The van der Waals surface area contributed by atoms with Crippen LogP contribution >= 0.6 is 0 Å². The molecule has 0 bridgehead atoms. The molecule has 1 aliphatic heterocycles. The van der Waals surface area contributed by atoms with Gasteiger partial charge in [-0.1, -0.05) is 12.1 Å². The quantitative estimate of drug-likeness (QED) is 0.817. The molecule has 2 aliphatic rings. The summed E-state index contributed by atoms with van der Waals surface area (Å²) in [5.74, 6) is 0. The Balaban J connectivity index is 1.84. The molecule has 2 heteroatoms. The van der Waals surface area contributed by atoms with Crippen LogP contribution in [0.2, 0.25) is 0 Å². The lowest BCUT2D eigenvalue weighted by Crippen LogP contribution is -2.30. The van der Waals surface area contributed by atoms with E-state index in [-0.39, 0.29) is 0 Å². The lowest BCUT2D eigenvalue weighted by molar-refractivity contribution is 0.313. The molecule has 1 aromatic carbocycles. The third-order valence-electron chi connectivity index (χ3n) is 3.92. The van der Waals surface area contributed by atoms with Gasteiger partial charge in [-0.15, -0.1) is 0 Å². The van der Waals surface area contributed by atoms with Crippen molar-refractivity contribution in [3.8, 4) is 0 Å². The lowest BCUT2D eigenvalue weighted by Gasteiger charge is -2.31. The molecular weight excluding hydrogens is 196 g/mol. The maximum absolute atomic E-state index is 3.70. The first kappa shape index (κ1) is 10.2. The van der Waals surface area contributed by atoms with Crippen molar-refractivity contribution in [3.05, 3.63) is 29.3 Å². The zero-order valence-corrected chi connectivity index (χ0v) is 10.00. The largest absolute Gasteiger partial charge is 0.382 e. The van der Waals surface area contributed by atoms with Crippen molar-refractivity contribution in [1.29, 1.82) is 0 Å². The Hall–Kier alpha value is -1.02. The molecule has 1 saturated carbocycles. The summed E-state index contributed by atoms with van der Waals surface area (Å²) in [7, 11) is 2.20. The fourth-order valence-electron chi connectivity index (χ4n) is 2.66. The Morgan fingerprint density at radius 2 is 2.19 bits per heavy atom. The summed E-state index contributed by atoms with van der Waals surface area (Å²) in [4.78, 5) is 2.40. The van der Waals surface area contributed by atoms with Gasteiger partial charge in [0, 0.05) is 24.8 Å². The number of hydrogen-bond acceptors (Lipinski definition) is 2. The summed E-state index contributed by atoms with van der Waals surface area (Å²) < 4.78 is 0. The van der Waals surface area contributed by atoms with Gasteiger partial charge in [-0.05, 0) is 49.9 Å². The molecule has 0 atom stereocenters. The van der Waals surface area contributed by atoms with E-state index in [1.54, 1.807) is 5.56 Å². The van der Waals surface area contributed by atoms with E-state index in [1.165, 1.54) is 43.5 Å². The van der Waals surface area contributed by atoms with Crippen molar-refractivity contribution in [2.24, 2.45) is 0 Å². The Kier molecular flexibility index (Phi) is 2.60. The van der Waals surface area contributed by atoms with Crippen molar-refractivity contribution in [2.75, 3.05) is 18.9 Å². The number of nitrogens with zero attached hydrogens (tertiary/aromatic N) is 1. The van der Waals surface area contributed by atoms with Gasteiger partial charge in [0.1, 0.15) is 0 Å². The molecule has 3 rings (SSSR count). The molecule has 0 radical (unpaired) electrons. The highest BCUT2D eigenvalue weighted by atomic mass is 15.1. The molecule has 2 nitrogen and oxygen atoms in total. The van der Waals surface area contributed by atoms with E-state index in [4.69, 9.17) is 0 Å². The molecule has 1 aliphatic carbocycles. The second-order valence-electron chi connectivity index (χ2n) is 5.20. The average Bonchev–Trinajstić information content (AvgIpc) is 2.23. The van der Waals surface area contributed by atoms with E-state index in [1.807, 2.05) is 0 Å². The maximum atomic E-state index is 3.70. The predicted octanol–water partition coefficient (Wildman–Crippen LogP) is 2.64. The number of fused-ring (bicyclic) bond motifs is 1. The van der Waals surface area contributed by atoms with Crippen LogP contribution in [0.5, 0.6) is 0 Å². The fraction of sp³-hybridized carbons (Fsp3) is 0.571. The first-order valence-electron chi connectivity index (χ1n) is 6.39. The first-order valence-corrected chi connectivity index (χ1v) is 6.39. The maximum Gasteiger partial charge on any atom is 0.0378 e. The molecular formula is C14H20N2. The Bertz CT molecular complexity index is 382. The summed E-state index contributed by atoms with van der Waals surface area (Å²) in [6.07, 6.45) is 5.30. The minimum Gasteiger partial charge on any atom is -0.382 e. The van der Waals surface area contributed by atoms with Crippen LogP contribution < -0.4 is 5.32 Å². The Labute approximate surface area is 97.6 Å². The monoisotopic (exact) mass is 216 g/mol. The first-order chi connectivity index (χ1) is 7.83. The molecule has 0 amide bonds. The number of nitrogens with one attached hydrogen (secondary N) is 1. The van der Waals surface area contributed by atoms with Gasteiger partial charge in [-0.25, -0.2) is 0 Å². The normalized spacial score (nSPS) is 21.3. The smallest absolute Gasteiger partial charge is 0.0378 e. The summed E-state index contributed by atoms with van der Waals surface area (Å²) in [6.45, 7) is 2.30. The van der Waals surface area contributed by atoms with E-state index in [0.717, 1.165) is 12.6 Å². The lowest BCUT2D eigenvalue weighted by atomic mass is 9.91. The molecule has 1 fully saturated rings. The number of likely N-dealkylation sites (N-methyl/N-ethyl adjacent to an activating group) is 1. The molecule has 0 aromatic heterocycles. The van der Waals surface area contributed by atoms with Crippen molar-refractivity contribution in [1.82, 2.24) is 4.90 Å². The van der Waals surface area contributed by atoms with Crippen LogP contribution in [-0.2, 0) is 13.0 Å². The number of hydrogen-bond donors (Lipinski definition) is 1. The topological polar surface area (TPSA) is 15.3 Å². The fourth-order valence-corrected chi connectivity index (χ4v) is 2.66. The van der Waals surface area contributed by atoms with Gasteiger partial charge < -0.3 is 10.2 Å². The van der Waals surface area contributed by atoms with Crippen LogP contribution in [0.4, 0.5) is 5.69 Å². The van der Waals surface area contributed by atoms with Crippen molar-refractivity contribution < 1.29 is 0 Å². The molecule has 1 aromatic rings. The Morgan fingerprint density at radius 1 is 1.31 bits per heavy atom. The van der Waals surface area contributed by atoms with Crippen molar-refractivity contribution >= 4 is 5.69 Å². The van der Waals surface area contributed by atoms with Gasteiger partial charge in [-0.2, -0.15) is 0 Å². The average molecular weight is 216 g/mol. The van der Waals surface area contributed by atoms with Crippen molar-refractivity contribution in [3.63, 3.8) is 0 Å². The number of benzene rings is 1. The van der Waals surface area contributed by atoms with Crippen LogP contribution in [0.25, 0.3) is 0 Å². The van der Waals surface area contributed by atoms with Gasteiger partial charge in [0.05, 0.1) is 0 Å². The molecule has 1 N–H and O–H groups in total. The number of rotatable bonds is 2. The zero-order chi connectivity index (χ0) is 11.0. The highest BCUT2D eigenvalue weighted by Crippen LogP contribution is 2.29. The second-order valence-corrected chi connectivity index (χ2v) is 5.20. The molecule has 0 saturated heterocycles. The summed E-state index contributed by atoms with van der Waals surface area (Å²) in [6, 6.07) is 7.46. The van der Waals surface area contributed by atoms with E-state index < -0.39 is 0 Å². The van der Waals surface area contributed by atoms with Crippen LogP contribution in [0.3, 0.4) is 0 Å². The Morgan fingerprint density at radius 3 is 2.94 bits per heavy atom. The second kappa shape index (κ2) is 4.10. The van der Waals surface area contributed by atoms with Gasteiger partial charge in [-0.3, -0.25) is 0 Å². The van der Waals surface area contributed by atoms with Crippen molar-refractivity contribution in [2.45, 2.75) is 38.3 Å². The van der Waals surface area contributed by atoms with Gasteiger partial charge in [0.2, 0.25) is 0 Å². The molecule has 0 unspecified atom stereocenters. The molecule has 0 spiro atoms. The van der Waals surface area contributed by atoms with Gasteiger partial charge >= 0.3 is 0 Å². The predicted molar refractivity (Wildman–Crippen MR) is 67.7 cm³/mol. The minimum absolute atomic E-state index is 0.742. The summed E-state index contributed by atoms with van der Waals surface area (Å²) >= 11 is 0. The molecule has 1 heterocycles. The minimum atomic E-state index is 0.742. The van der Waals surface area contributed by atoms with Crippen LogP contribution in [-0.4, -0.2) is 24.5 Å². The number of anilines is 1. The van der Waals surface area contributed by atoms with Gasteiger partial charge in [0.25, 0.3) is 0 Å². The van der Waals surface area contributed by atoms with E-state index in [2.05, 4.69) is 35.5 Å². The highest BCUT2D eigenvalue weighted by Gasteiger charge is 2.20. The van der Waals surface area contributed by atoms with Crippen LogP contribution in [0, 0.1) is 0 Å². The third kappa shape index (κ3) is 1.82. The van der Waals surface area contributed by atoms with E-state index in [9.17, 15) is 0 Å². The zero-order valence-electron chi connectivity index (χ0n) is 10.00. The highest BCUT2D eigenvalue weighted by molar-refractivity contribution is 5.56. The summed E-state index contributed by atoms with van der Waals surface area (Å²) in [5.41, 5.74) is 4.47. The van der Waals surface area contributed by atoms with Crippen LogP contribution in [0.15, 0.2) is 18.2 Å². The standard InChI is InChI=1S/C14H20N2/c1-16-9-8-13-11(10-16)4-2-7-14(13)15-12-5-3-6-12/h2,4,7,12,15H,3,5-6,8-10H2,1H3. The summed E-state index contributed by atoms with van der Waals surface area (Å²) in [5, 5.41) is 3.70. The van der Waals surface area contributed by atoms with E-state index in [0.29, 0.717) is 0 Å².